The Morgan fingerprint density at radius 3 is 2.71 bits per heavy atom. The van der Waals surface area contributed by atoms with Gasteiger partial charge < -0.3 is 19.5 Å². The number of carbonyl (C=O) groups excluding carboxylic acids is 1. The van der Waals surface area contributed by atoms with Crippen LogP contribution in [-0.2, 0) is 19.0 Å². The fraction of sp³-hybridized carbons (Fsp3) is 0.583. The fourth-order valence-corrected chi connectivity index (χ4v) is 1.75. The highest BCUT2D eigenvalue weighted by atomic mass is 16.7. The van der Waals surface area contributed by atoms with Crippen LogP contribution in [0.15, 0.2) is 23.9 Å². The number of amides is 1. The van der Waals surface area contributed by atoms with Gasteiger partial charge in [-0.25, -0.2) is 0 Å². The number of ether oxygens (including phenoxy) is 3. The van der Waals surface area contributed by atoms with Gasteiger partial charge in [0, 0.05) is 33.4 Å². The molecule has 0 aromatic heterocycles. The van der Waals surface area contributed by atoms with Gasteiger partial charge in [0.05, 0.1) is 0 Å². The molecule has 2 unspecified atom stereocenters. The third-order valence-corrected chi connectivity index (χ3v) is 2.49. The van der Waals surface area contributed by atoms with E-state index in [4.69, 9.17) is 14.2 Å². The summed E-state index contributed by atoms with van der Waals surface area (Å²) < 4.78 is 16.3. The van der Waals surface area contributed by atoms with Crippen LogP contribution in [0.3, 0.4) is 0 Å². The molecule has 1 aliphatic carbocycles. The summed E-state index contributed by atoms with van der Waals surface area (Å²) in [6.45, 7) is 3.84. The van der Waals surface area contributed by atoms with E-state index in [1.165, 1.54) is 6.92 Å². The van der Waals surface area contributed by atoms with Crippen LogP contribution in [0.2, 0.25) is 0 Å². The van der Waals surface area contributed by atoms with Gasteiger partial charge >= 0.3 is 0 Å². The van der Waals surface area contributed by atoms with E-state index in [1.807, 2.05) is 6.92 Å². The number of methoxy groups -OCH3 is 2. The van der Waals surface area contributed by atoms with E-state index in [0.29, 0.717) is 12.3 Å². The van der Waals surface area contributed by atoms with Crippen molar-refractivity contribution >= 4 is 5.91 Å². The average Bonchev–Trinajstić information content (AvgIpc) is 2.30. The Kier molecular flexibility index (Phi) is 4.86. The molecule has 96 valence electrons. The first kappa shape index (κ1) is 13.9. The van der Waals surface area contributed by atoms with Gasteiger partial charge in [0.2, 0.25) is 11.7 Å². The maximum atomic E-state index is 11.0. The first-order chi connectivity index (χ1) is 8.07. The number of hydrogen-bond donors (Lipinski definition) is 1. The van der Waals surface area contributed by atoms with Crippen LogP contribution in [0.4, 0.5) is 0 Å². The lowest BCUT2D eigenvalue weighted by Gasteiger charge is -2.36. The van der Waals surface area contributed by atoms with Crippen molar-refractivity contribution in [1.29, 1.82) is 0 Å². The molecule has 1 N–H and O–H groups in total. The van der Waals surface area contributed by atoms with E-state index in [2.05, 4.69) is 5.32 Å². The van der Waals surface area contributed by atoms with Gasteiger partial charge in [-0.2, -0.15) is 0 Å². The van der Waals surface area contributed by atoms with E-state index < -0.39 is 11.9 Å². The average molecular weight is 241 g/mol. The summed E-state index contributed by atoms with van der Waals surface area (Å²) in [5, 5.41) is 2.69. The van der Waals surface area contributed by atoms with Crippen LogP contribution in [0.1, 0.15) is 13.8 Å². The fourth-order valence-electron chi connectivity index (χ4n) is 1.75. The lowest BCUT2D eigenvalue weighted by atomic mass is 10.0. The molecule has 1 rings (SSSR count). The summed E-state index contributed by atoms with van der Waals surface area (Å²) in [4.78, 5) is 11.0. The van der Waals surface area contributed by atoms with Gasteiger partial charge in [-0.05, 0) is 25.2 Å². The molecule has 0 saturated heterocycles. The molecule has 0 radical (unpaired) electrons. The van der Waals surface area contributed by atoms with E-state index in [0.717, 1.165) is 0 Å². The monoisotopic (exact) mass is 241 g/mol. The molecule has 17 heavy (non-hydrogen) atoms. The quantitative estimate of drug-likeness (QED) is 0.729. The summed E-state index contributed by atoms with van der Waals surface area (Å²) in [6.07, 6.45) is 4.85. The summed E-state index contributed by atoms with van der Waals surface area (Å²) >= 11 is 0. The minimum absolute atomic E-state index is 0.128. The van der Waals surface area contributed by atoms with Crippen LogP contribution >= 0.6 is 0 Å². The van der Waals surface area contributed by atoms with Crippen LogP contribution in [0.5, 0.6) is 0 Å². The van der Waals surface area contributed by atoms with Crippen LogP contribution < -0.4 is 5.32 Å². The second kappa shape index (κ2) is 5.95. The SMILES string of the molecule is CCOC1(OC)C=CC(NC(C)=O)=CC1OC. The highest BCUT2D eigenvalue weighted by molar-refractivity contribution is 5.75. The Morgan fingerprint density at radius 1 is 1.53 bits per heavy atom. The zero-order valence-electron chi connectivity index (χ0n) is 10.6. The second-order valence-corrected chi connectivity index (χ2v) is 3.65. The summed E-state index contributed by atoms with van der Waals surface area (Å²) in [5.41, 5.74) is 0.678. The van der Waals surface area contributed by atoms with Crippen LogP contribution in [-0.4, -0.2) is 38.6 Å². The number of carbonyl (C=O) groups is 1. The van der Waals surface area contributed by atoms with Crippen molar-refractivity contribution in [2.45, 2.75) is 25.7 Å². The Bertz CT molecular complexity index is 337. The largest absolute Gasteiger partial charge is 0.371 e. The third-order valence-electron chi connectivity index (χ3n) is 2.49. The number of nitrogens with one attached hydrogen (secondary N) is 1. The minimum Gasteiger partial charge on any atom is -0.371 e. The Morgan fingerprint density at radius 2 is 2.24 bits per heavy atom. The van der Waals surface area contributed by atoms with E-state index in [9.17, 15) is 4.79 Å². The first-order valence-electron chi connectivity index (χ1n) is 5.48. The Labute approximate surface area is 101 Å². The number of allylic oxidation sites excluding steroid dienone is 1. The zero-order valence-corrected chi connectivity index (χ0v) is 10.6. The van der Waals surface area contributed by atoms with Gasteiger partial charge in [-0.1, -0.05) is 0 Å². The van der Waals surface area contributed by atoms with Gasteiger partial charge in [-0.15, -0.1) is 0 Å². The standard InChI is InChI=1S/C12H19NO4/c1-5-17-12(16-4)7-6-10(13-9(2)14)8-11(12)15-3/h6-8,11H,5H2,1-4H3,(H,13,14). The maximum Gasteiger partial charge on any atom is 0.221 e. The molecule has 0 aromatic carbocycles. The van der Waals surface area contributed by atoms with E-state index >= 15 is 0 Å². The Balaban J connectivity index is 2.90. The van der Waals surface area contributed by atoms with Crippen molar-refractivity contribution < 1.29 is 19.0 Å². The van der Waals surface area contributed by atoms with E-state index in [-0.39, 0.29) is 5.91 Å². The molecule has 2 atom stereocenters. The summed E-state index contributed by atoms with van der Waals surface area (Å²) in [7, 11) is 3.13. The van der Waals surface area contributed by atoms with Gasteiger partial charge in [0.25, 0.3) is 0 Å². The molecular weight excluding hydrogens is 222 g/mol. The molecule has 1 amide bonds. The molecule has 5 heteroatoms. The molecule has 0 heterocycles. The molecule has 0 bridgehead atoms. The Hall–Kier alpha value is -1.17. The molecule has 5 nitrogen and oxygen atoms in total. The molecule has 0 spiro atoms. The summed E-state index contributed by atoms with van der Waals surface area (Å²) in [6, 6.07) is 0. The molecular formula is C12H19NO4. The van der Waals surface area contributed by atoms with Gasteiger partial charge in [-0.3, -0.25) is 4.79 Å². The third kappa shape index (κ3) is 3.15. The topological polar surface area (TPSA) is 56.8 Å². The van der Waals surface area contributed by atoms with Gasteiger partial charge in [0.15, 0.2) is 0 Å². The van der Waals surface area contributed by atoms with Crippen LogP contribution in [0.25, 0.3) is 0 Å². The number of hydrogen-bond acceptors (Lipinski definition) is 4. The van der Waals surface area contributed by atoms with E-state index in [1.54, 1.807) is 32.4 Å². The highest BCUT2D eigenvalue weighted by Crippen LogP contribution is 2.27. The minimum atomic E-state index is -0.925. The molecule has 0 aromatic rings. The molecule has 1 aliphatic rings. The predicted molar refractivity (Wildman–Crippen MR) is 63.2 cm³/mol. The number of rotatable bonds is 5. The maximum absolute atomic E-state index is 11.0. The van der Waals surface area contributed by atoms with Crippen molar-refractivity contribution in [3.8, 4) is 0 Å². The molecule has 0 saturated carbocycles. The van der Waals surface area contributed by atoms with Crippen molar-refractivity contribution in [2.75, 3.05) is 20.8 Å². The lowest BCUT2D eigenvalue weighted by molar-refractivity contribution is -0.232. The smallest absolute Gasteiger partial charge is 0.221 e. The van der Waals surface area contributed by atoms with Gasteiger partial charge in [0.1, 0.15) is 6.10 Å². The van der Waals surface area contributed by atoms with Crippen LogP contribution in [0, 0.1) is 0 Å². The molecule has 0 fully saturated rings. The summed E-state index contributed by atoms with van der Waals surface area (Å²) in [5.74, 6) is -1.05. The zero-order chi connectivity index (χ0) is 12.9. The van der Waals surface area contributed by atoms with Crippen molar-refractivity contribution in [3.63, 3.8) is 0 Å². The van der Waals surface area contributed by atoms with Crippen molar-refractivity contribution in [3.05, 3.63) is 23.9 Å². The highest BCUT2D eigenvalue weighted by Gasteiger charge is 2.39. The normalized spacial score (nSPS) is 27.8. The molecule has 0 aliphatic heterocycles. The predicted octanol–water partition coefficient (Wildman–Crippen LogP) is 0.970. The first-order valence-corrected chi connectivity index (χ1v) is 5.48. The van der Waals surface area contributed by atoms with Crippen molar-refractivity contribution in [2.24, 2.45) is 0 Å². The second-order valence-electron chi connectivity index (χ2n) is 3.65. The van der Waals surface area contributed by atoms with Crippen molar-refractivity contribution in [1.82, 2.24) is 5.32 Å². The lowest BCUT2D eigenvalue weighted by Crippen LogP contribution is -2.47.